The lowest BCUT2D eigenvalue weighted by molar-refractivity contribution is 0.0698. The lowest BCUT2D eigenvalue weighted by atomic mass is 10.2. The maximum atomic E-state index is 11.2. The molecule has 1 aliphatic rings. The second-order valence-electron chi connectivity index (χ2n) is 6.51. The number of thiophene rings is 1. The van der Waals surface area contributed by atoms with Crippen molar-refractivity contribution in [2.75, 3.05) is 26.2 Å². The van der Waals surface area contributed by atoms with Crippen molar-refractivity contribution in [3.05, 3.63) is 57.9 Å². The average Bonchev–Trinajstić information content (AvgIpc) is 3.22. The van der Waals surface area contributed by atoms with Gasteiger partial charge in [-0.2, -0.15) is 0 Å². The summed E-state index contributed by atoms with van der Waals surface area (Å²) in [5.74, 6) is -0.817. The molecule has 0 spiro atoms. The van der Waals surface area contributed by atoms with Gasteiger partial charge in [-0.1, -0.05) is 18.2 Å². The number of piperazine rings is 1. The number of para-hydroxylation sites is 1. The minimum atomic E-state index is -0.817. The van der Waals surface area contributed by atoms with Gasteiger partial charge < -0.3 is 10.1 Å². The molecule has 1 aromatic carbocycles. The van der Waals surface area contributed by atoms with E-state index in [1.165, 1.54) is 27.9 Å². The number of aromatic amines is 1. The first kappa shape index (κ1) is 16.3. The Morgan fingerprint density at radius 3 is 2.52 bits per heavy atom. The van der Waals surface area contributed by atoms with E-state index < -0.39 is 5.97 Å². The number of carbonyl (C=O) groups is 1. The molecule has 3 heterocycles. The van der Waals surface area contributed by atoms with Crippen LogP contribution in [0, 0.1) is 0 Å². The summed E-state index contributed by atoms with van der Waals surface area (Å²) >= 11 is 1.31. The van der Waals surface area contributed by atoms with E-state index in [1.54, 1.807) is 0 Å². The fourth-order valence-corrected chi connectivity index (χ4v) is 4.21. The summed E-state index contributed by atoms with van der Waals surface area (Å²) in [6.07, 6.45) is 0. The first-order chi connectivity index (χ1) is 12.2. The molecule has 0 aliphatic carbocycles. The summed E-state index contributed by atoms with van der Waals surface area (Å²) in [4.78, 5) is 20.0. The van der Waals surface area contributed by atoms with Crippen LogP contribution in [0.1, 0.15) is 20.9 Å². The van der Waals surface area contributed by atoms with Crippen molar-refractivity contribution in [2.24, 2.45) is 0 Å². The van der Waals surface area contributed by atoms with Crippen molar-refractivity contribution in [1.29, 1.82) is 0 Å². The van der Waals surface area contributed by atoms with Gasteiger partial charge in [-0.15, -0.1) is 11.3 Å². The topological polar surface area (TPSA) is 59.6 Å². The molecular formula is C19H21N3O2S. The van der Waals surface area contributed by atoms with E-state index in [-0.39, 0.29) is 0 Å². The van der Waals surface area contributed by atoms with Crippen LogP contribution in [0.5, 0.6) is 0 Å². The SMILES string of the molecule is O=C(O)c1sccc1CN1CCN(Cc2cc3ccccc3[nH]2)CC1. The van der Waals surface area contributed by atoms with E-state index in [0.717, 1.165) is 44.8 Å². The summed E-state index contributed by atoms with van der Waals surface area (Å²) in [6.45, 7) is 5.60. The number of fused-ring (bicyclic) bond motifs is 1. The average molecular weight is 355 g/mol. The highest BCUT2D eigenvalue weighted by Crippen LogP contribution is 2.20. The van der Waals surface area contributed by atoms with Crippen LogP contribution in [0.4, 0.5) is 0 Å². The quantitative estimate of drug-likeness (QED) is 0.738. The van der Waals surface area contributed by atoms with Gasteiger partial charge in [0.15, 0.2) is 0 Å². The summed E-state index contributed by atoms with van der Waals surface area (Å²) in [5.41, 5.74) is 3.37. The van der Waals surface area contributed by atoms with E-state index in [4.69, 9.17) is 0 Å². The highest BCUT2D eigenvalue weighted by molar-refractivity contribution is 7.12. The first-order valence-corrected chi connectivity index (χ1v) is 9.38. The van der Waals surface area contributed by atoms with Crippen LogP contribution in [0.15, 0.2) is 41.8 Å². The standard InChI is InChI=1S/C19H21N3O2S/c23-19(24)18-15(5-10-25-18)12-21-6-8-22(9-7-21)13-16-11-14-3-1-2-4-17(14)20-16/h1-5,10-11,20H,6-9,12-13H2,(H,23,24). The Labute approximate surface area is 150 Å². The molecule has 0 atom stereocenters. The third kappa shape index (κ3) is 3.61. The highest BCUT2D eigenvalue weighted by atomic mass is 32.1. The summed E-state index contributed by atoms with van der Waals surface area (Å²) < 4.78 is 0. The van der Waals surface area contributed by atoms with Crippen LogP contribution in [-0.4, -0.2) is 52.0 Å². The zero-order valence-corrected chi connectivity index (χ0v) is 14.8. The molecule has 2 N–H and O–H groups in total. The van der Waals surface area contributed by atoms with Crippen molar-refractivity contribution in [1.82, 2.24) is 14.8 Å². The number of benzene rings is 1. The maximum Gasteiger partial charge on any atom is 0.346 e. The minimum Gasteiger partial charge on any atom is -0.477 e. The lowest BCUT2D eigenvalue weighted by Crippen LogP contribution is -2.45. The molecule has 2 aromatic heterocycles. The van der Waals surface area contributed by atoms with Crippen molar-refractivity contribution in [3.63, 3.8) is 0 Å². The fourth-order valence-electron chi connectivity index (χ4n) is 3.45. The molecule has 0 bridgehead atoms. The molecule has 0 saturated carbocycles. The number of carboxylic acids is 1. The molecule has 1 saturated heterocycles. The Bertz CT molecular complexity index is 845. The summed E-state index contributed by atoms with van der Waals surface area (Å²) in [7, 11) is 0. The van der Waals surface area contributed by atoms with Crippen LogP contribution >= 0.6 is 11.3 Å². The fraction of sp³-hybridized carbons (Fsp3) is 0.316. The van der Waals surface area contributed by atoms with Crippen molar-refractivity contribution in [2.45, 2.75) is 13.1 Å². The van der Waals surface area contributed by atoms with E-state index >= 15 is 0 Å². The smallest absolute Gasteiger partial charge is 0.346 e. The van der Waals surface area contributed by atoms with Crippen molar-refractivity contribution in [3.8, 4) is 0 Å². The zero-order chi connectivity index (χ0) is 17.2. The molecule has 25 heavy (non-hydrogen) atoms. The van der Waals surface area contributed by atoms with E-state index in [9.17, 15) is 9.90 Å². The normalized spacial score (nSPS) is 16.5. The summed E-state index contributed by atoms with van der Waals surface area (Å²) in [6, 6.07) is 12.5. The molecule has 130 valence electrons. The van der Waals surface area contributed by atoms with Gasteiger partial charge in [-0.05, 0) is 34.5 Å². The van der Waals surface area contributed by atoms with Gasteiger partial charge in [0.05, 0.1) is 0 Å². The highest BCUT2D eigenvalue weighted by Gasteiger charge is 2.20. The Balaban J connectivity index is 1.33. The number of aromatic nitrogens is 1. The molecule has 6 heteroatoms. The Morgan fingerprint density at radius 2 is 1.80 bits per heavy atom. The van der Waals surface area contributed by atoms with Crippen LogP contribution in [0.2, 0.25) is 0 Å². The molecule has 0 amide bonds. The second kappa shape index (κ2) is 7.00. The summed E-state index contributed by atoms with van der Waals surface area (Å²) in [5, 5.41) is 12.4. The van der Waals surface area contributed by atoms with Gasteiger partial charge in [0.1, 0.15) is 4.88 Å². The van der Waals surface area contributed by atoms with Gasteiger partial charge in [-0.25, -0.2) is 4.79 Å². The Kier molecular flexibility index (Phi) is 4.57. The molecule has 0 unspecified atom stereocenters. The van der Waals surface area contributed by atoms with Gasteiger partial charge in [-0.3, -0.25) is 9.80 Å². The number of hydrogen-bond donors (Lipinski definition) is 2. The molecule has 4 rings (SSSR count). The monoisotopic (exact) mass is 355 g/mol. The van der Waals surface area contributed by atoms with Crippen molar-refractivity contribution < 1.29 is 9.90 Å². The predicted molar refractivity (Wildman–Crippen MR) is 100 cm³/mol. The number of rotatable bonds is 5. The van der Waals surface area contributed by atoms with Gasteiger partial charge in [0, 0.05) is 50.5 Å². The van der Waals surface area contributed by atoms with E-state index in [2.05, 4.69) is 45.1 Å². The minimum absolute atomic E-state index is 0.473. The molecule has 0 radical (unpaired) electrons. The van der Waals surface area contributed by atoms with Crippen LogP contribution in [-0.2, 0) is 13.1 Å². The molecule has 3 aromatic rings. The number of carboxylic acid groups (broad SMARTS) is 1. The number of aromatic carboxylic acids is 1. The third-order valence-electron chi connectivity index (χ3n) is 4.78. The lowest BCUT2D eigenvalue weighted by Gasteiger charge is -2.34. The third-order valence-corrected chi connectivity index (χ3v) is 5.72. The number of nitrogens with zero attached hydrogens (tertiary/aromatic N) is 2. The molecule has 5 nitrogen and oxygen atoms in total. The largest absolute Gasteiger partial charge is 0.477 e. The molecular weight excluding hydrogens is 334 g/mol. The zero-order valence-electron chi connectivity index (χ0n) is 13.9. The number of nitrogens with one attached hydrogen (secondary N) is 1. The van der Waals surface area contributed by atoms with E-state index in [1.807, 2.05) is 11.4 Å². The van der Waals surface area contributed by atoms with Crippen LogP contribution in [0.3, 0.4) is 0 Å². The Hall–Kier alpha value is -2.15. The first-order valence-electron chi connectivity index (χ1n) is 8.50. The predicted octanol–water partition coefficient (Wildman–Crippen LogP) is 3.25. The van der Waals surface area contributed by atoms with Crippen LogP contribution in [0.25, 0.3) is 10.9 Å². The van der Waals surface area contributed by atoms with Crippen LogP contribution < -0.4 is 0 Å². The second-order valence-corrected chi connectivity index (χ2v) is 7.43. The Morgan fingerprint density at radius 1 is 1.08 bits per heavy atom. The van der Waals surface area contributed by atoms with Gasteiger partial charge in [0.2, 0.25) is 0 Å². The molecule has 1 aliphatic heterocycles. The van der Waals surface area contributed by atoms with Crippen molar-refractivity contribution >= 4 is 28.2 Å². The van der Waals surface area contributed by atoms with Gasteiger partial charge >= 0.3 is 5.97 Å². The van der Waals surface area contributed by atoms with E-state index in [0.29, 0.717) is 4.88 Å². The maximum absolute atomic E-state index is 11.2. The number of hydrogen-bond acceptors (Lipinski definition) is 4. The molecule has 1 fully saturated rings. The van der Waals surface area contributed by atoms with Gasteiger partial charge in [0.25, 0.3) is 0 Å². The number of H-pyrrole nitrogens is 1.